The number of rotatable bonds is 5. The molecule has 1 aliphatic heterocycles. The zero-order valence-electron chi connectivity index (χ0n) is 13.6. The van der Waals surface area contributed by atoms with Crippen LogP contribution in [0.15, 0.2) is 18.2 Å². The van der Waals surface area contributed by atoms with Crippen LogP contribution in [0.25, 0.3) is 0 Å². The number of likely N-dealkylation sites (N-methyl/N-ethyl adjacent to an activating group) is 1. The summed E-state index contributed by atoms with van der Waals surface area (Å²) in [4.78, 5) is 15.8. The van der Waals surface area contributed by atoms with Crippen molar-refractivity contribution in [3.63, 3.8) is 0 Å². The minimum Gasteiger partial charge on any atom is -0.382 e. The third-order valence-electron chi connectivity index (χ3n) is 4.02. The first kappa shape index (κ1) is 15.7. The largest absolute Gasteiger partial charge is 0.382 e. The van der Waals surface area contributed by atoms with E-state index in [9.17, 15) is 4.79 Å². The van der Waals surface area contributed by atoms with Crippen LogP contribution >= 0.6 is 0 Å². The van der Waals surface area contributed by atoms with Gasteiger partial charge in [-0.1, -0.05) is 6.92 Å². The van der Waals surface area contributed by atoms with Gasteiger partial charge >= 0.3 is 0 Å². The summed E-state index contributed by atoms with van der Waals surface area (Å²) in [6.45, 7) is 5.72. The van der Waals surface area contributed by atoms with Gasteiger partial charge in [0.25, 0.3) is 0 Å². The lowest BCUT2D eigenvalue weighted by Crippen LogP contribution is -2.37. The monoisotopic (exact) mass is 289 g/mol. The summed E-state index contributed by atoms with van der Waals surface area (Å²) in [5, 5.41) is 3.52. The first-order valence-corrected chi connectivity index (χ1v) is 7.85. The molecule has 1 heterocycles. The van der Waals surface area contributed by atoms with Crippen molar-refractivity contribution in [1.82, 2.24) is 4.90 Å². The van der Waals surface area contributed by atoms with Gasteiger partial charge in [0.05, 0.1) is 6.54 Å². The molecule has 0 fully saturated rings. The van der Waals surface area contributed by atoms with Gasteiger partial charge in [0.15, 0.2) is 0 Å². The molecule has 1 aromatic rings. The topological polar surface area (TPSA) is 35.6 Å². The number of carbonyl (C=O) groups excluding carboxylic acids is 1. The van der Waals surface area contributed by atoms with Gasteiger partial charge < -0.3 is 15.1 Å². The van der Waals surface area contributed by atoms with Crippen molar-refractivity contribution < 1.29 is 4.79 Å². The Bertz CT molecular complexity index is 499. The predicted molar refractivity (Wildman–Crippen MR) is 89.0 cm³/mol. The maximum absolute atomic E-state index is 12.0. The number of benzene rings is 1. The Labute approximate surface area is 128 Å². The zero-order chi connectivity index (χ0) is 15.4. The van der Waals surface area contributed by atoms with Crippen molar-refractivity contribution in [3.05, 3.63) is 23.8 Å². The van der Waals surface area contributed by atoms with Gasteiger partial charge in [-0.2, -0.15) is 0 Å². The number of hydrogen-bond acceptors (Lipinski definition) is 3. The molecule has 1 aliphatic rings. The summed E-state index contributed by atoms with van der Waals surface area (Å²) in [5.41, 5.74) is 3.76. The summed E-state index contributed by atoms with van der Waals surface area (Å²) < 4.78 is 0. The number of nitrogens with zero attached hydrogens (tertiary/aromatic N) is 2. The molecule has 0 spiro atoms. The van der Waals surface area contributed by atoms with Crippen LogP contribution in [-0.2, 0) is 11.2 Å². The number of carbonyl (C=O) groups is 1. The van der Waals surface area contributed by atoms with Gasteiger partial charge in [-0.15, -0.1) is 0 Å². The minimum atomic E-state index is 0.146. The van der Waals surface area contributed by atoms with Gasteiger partial charge in [-0.3, -0.25) is 4.79 Å². The Hall–Kier alpha value is -1.71. The molecular weight excluding hydrogens is 262 g/mol. The zero-order valence-corrected chi connectivity index (χ0v) is 13.6. The lowest BCUT2D eigenvalue weighted by Gasteiger charge is -2.29. The molecule has 4 heteroatoms. The van der Waals surface area contributed by atoms with E-state index in [1.165, 1.54) is 17.7 Å². The molecule has 0 aromatic heterocycles. The van der Waals surface area contributed by atoms with Crippen molar-refractivity contribution >= 4 is 17.3 Å². The first-order valence-electron chi connectivity index (χ1n) is 7.85. The number of hydrogen-bond donors (Lipinski definition) is 1. The Balaban J connectivity index is 2.18. The van der Waals surface area contributed by atoms with E-state index in [0.717, 1.165) is 25.1 Å². The normalized spacial score (nSPS) is 16.9. The molecule has 0 bridgehead atoms. The molecule has 0 saturated heterocycles. The number of fused-ring (bicyclic) bond motifs is 1. The van der Waals surface area contributed by atoms with E-state index in [4.69, 9.17) is 0 Å². The number of amides is 1. The van der Waals surface area contributed by atoms with Crippen molar-refractivity contribution in [2.24, 2.45) is 0 Å². The maximum atomic E-state index is 12.0. The average Bonchev–Trinajstić information content (AvgIpc) is 2.46. The van der Waals surface area contributed by atoms with E-state index in [1.54, 1.807) is 4.90 Å². The second-order valence-electron chi connectivity index (χ2n) is 6.14. The summed E-state index contributed by atoms with van der Waals surface area (Å²) >= 11 is 0. The van der Waals surface area contributed by atoms with Crippen LogP contribution in [0.5, 0.6) is 0 Å². The molecule has 0 aliphatic carbocycles. The number of anilines is 2. The minimum absolute atomic E-state index is 0.146. The Morgan fingerprint density at radius 2 is 2.14 bits per heavy atom. The van der Waals surface area contributed by atoms with E-state index in [1.807, 2.05) is 14.1 Å². The highest BCUT2D eigenvalue weighted by atomic mass is 16.2. The van der Waals surface area contributed by atoms with Crippen LogP contribution < -0.4 is 10.2 Å². The smallest absolute Gasteiger partial charge is 0.241 e. The van der Waals surface area contributed by atoms with Crippen LogP contribution in [0.1, 0.15) is 32.3 Å². The fourth-order valence-electron chi connectivity index (χ4n) is 2.71. The van der Waals surface area contributed by atoms with Crippen molar-refractivity contribution in [2.45, 2.75) is 39.2 Å². The molecule has 21 heavy (non-hydrogen) atoms. The molecule has 1 atom stereocenters. The maximum Gasteiger partial charge on any atom is 0.241 e. The standard InChI is InChI=1S/C17H27N3O/c1-5-10-20(12-17(21)19(3)4)15-8-9-16-14(11-15)7-6-13(2)18-16/h8-9,11,13,18H,5-7,10,12H2,1-4H3. The second kappa shape index (κ2) is 6.83. The van der Waals surface area contributed by atoms with Gasteiger partial charge in [0, 0.05) is 38.1 Å². The Kier molecular flexibility index (Phi) is 5.10. The molecule has 0 saturated carbocycles. The van der Waals surface area contributed by atoms with E-state index >= 15 is 0 Å². The molecular formula is C17H27N3O. The molecule has 1 N–H and O–H groups in total. The van der Waals surface area contributed by atoms with Gasteiger partial charge in [-0.05, 0) is 49.9 Å². The van der Waals surface area contributed by atoms with E-state index in [-0.39, 0.29) is 5.91 Å². The average molecular weight is 289 g/mol. The van der Waals surface area contributed by atoms with Crippen LogP contribution in [0, 0.1) is 0 Å². The van der Waals surface area contributed by atoms with Crippen molar-refractivity contribution in [2.75, 3.05) is 37.4 Å². The number of aryl methyl sites for hydroxylation is 1. The van der Waals surface area contributed by atoms with Crippen LogP contribution in [0.3, 0.4) is 0 Å². The number of nitrogens with one attached hydrogen (secondary N) is 1. The van der Waals surface area contributed by atoms with Gasteiger partial charge in [0.1, 0.15) is 0 Å². The SMILES string of the molecule is CCCN(CC(=O)N(C)C)c1ccc2c(c1)CCC(C)N2. The Morgan fingerprint density at radius 1 is 1.38 bits per heavy atom. The molecule has 1 unspecified atom stereocenters. The van der Waals surface area contributed by atoms with E-state index in [2.05, 4.69) is 42.3 Å². The summed E-state index contributed by atoms with van der Waals surface area (Å²) in [5.74, 6) is 0.146. The molecule has 2 rings (SSSR count). The lowest BCUT2D eigenvalue weighted by molar-refractivity contribution is -0.127. The Morgan fingerprint density at radius 3 is 2.81 bits per heavy atom. The highest BCUT2D eigenvalue weighted by Gasteiger charge is 2.17. The van der Waals surface area contributed by atoms with Crippen LogP contribution in [0.4, 0.5) is 11.4 Å². The first-order chi connectivity index (χ1) is 10.0. The summed E-state index contributed by atoms with van der Waals surface area (Å²) in [6, 6.07) is 7.07. The molecule has 116 valence electrons. The highest BCUT2D eigenvalue weighted by Crippen LogP contribution is 2.29. The van der Waals surface area contributed by atoms with Crippen molar-refractivity contribution in [1.29, 1.82) is 0 Å². The second-order valence-corrected chi connectivity index (χ2v) is 6.14. The third kappa shape index (κ3) is 3.90. The fourth-order valence-corrected chi connectivity index (χ4v) is 2.71. The quantitative estimate of drug-likeness (QED) is 0.905. The van der Waals surface area contributed by atoms with Gasteiger partial charge in [0.2, 0.25) is 5.91 Å². The molecule has 1 aromatic carbocycles. The highest BCUT2D eigenvalue weighted by molar-refractivity contribution is 5.81. The molecule has 0 radical (unpaired) electrons. The molecule has 1 amide bonds. The third-order valence-corrected chi connectivity index (χ3v) is 4.02. The predicted octanol–water partition coefficient (Wildman–Crippen LogP) is 2.74. The molecule has 4 nitrogen and oxygen atoms in total. The van der Waals surface area contributed by atoms with Crippen molar-refractivity contribution in [3.8, 4) is 0 Å². The summed E-state index contributed by atoms with van der Waals surface area (Å²) in [7, 11) is 3.62. The van der Waals surface area contributed by atoms with E-state index in [0.29, 0.717) is 12.6 Å². The summed E-state index contributed by atoms with van der Waals surface area (Å²) in [6.07, 6.45) is 3.31. The lowest BCUT2D eigenvalue weighted by atomic mass is 9.98. The fraction of sp³-hybridized carbons (Fsp3) is 0.588. The van der Waals surface area contributed by atoms with Crippen LogP contribution in [-0.4, -0.2) is 44.0 Å². The van der Waals surface area contributed by atoms with Crippen LogP contribution in [0.2, 0.25) is 0 Å². The van der Waals surface area contributed by atoms with E-state index < -0.39 is 0 Å². The van der Waals surface area contributed by atoms with Gasteiger partial charge in [-0.25, -0.2) is 0 Å².